The summed E-state index contributed by atoms with van der Waals surface area (Å²) in [4.78, 5) is 11.5. The van der Waals surface area contributed by atoms with Gasteiger partial charge in [-0.05, 0) is 36.1 Å². The van der Waals surface area contributed by atoms with Crippen molar-refractivity contribution in [3.05, 3.63) is 24.3 Å². The second-order valence-electron chi connectivity index (χ2n) is 5.31. The minimum atomic E-state index is -0.181. The van der Waals surface area contributed by atoms with Crippen molar-refractivity contribution >= 4 is 17.4 Å². The molecular formula is C13H21N3O. The first-order valence-corrected chi connectivity index (χ1v) is 5.77. The van der Waals surface area contributed by atoms with E-state index in [1.807, 2.05) is 0 Å². The summed E-state index contributed by atoms with van der Waals surface area (Å²) in [6.45, 7) is 7.11. The van der Waals surface area contributed by atoms with E-state index in [9.17, 15) is 4.79 Å². The van der Waals surface area contributed by atoms with Gasteiger partial charge in [0.15, 0.2) is 0 Å². The highest BCUT2D eigenvalue weighted by atomic mass is 16.2. The molecule has 0 saturated carbocycles. The number of carbonyl (C=O) groups is 1. The minimum absolute atomic E-state index is 0.181. The third-order valence-corrected chi connectivity index (χ3v) is 2.33. The van der Waals surface area contributed by atoms with Crippen molar-refractivity contribution in [2.75, 3.05) is 17.6 Å². The summed E-state index contributed by atoms with van der Waals surface area (Å²) >= 11 is 0. The fraction of sp³-hybridized carbons (Fsp3) is 0.462. The Kier molecular flexibility index (Phi) is 4.37. The summed E-state index contributed by atoms with van der Waals surface area (Å²) in [5.74, 6) is 0. The number of benzene rings is 1. The number of hydrogen-bond acceptors (Lipinski definition) is 2. The molecule has 0 aliphatic rings. The molecule has 4 heteroatoms. The van der Waals surface area contributed by atoms with Crippen LogP contribution in [0.1, 0.15) is 27.2 Å². The van der Waals surface area contributed by atoms with Crippen LogP contribution in [0, 0.1) is 5.41 Å². The summed E-state index contributed by atoms with van der Waals surface area (Å²) in [5, 5.41) is 5.57. The molecule has 0 bridgehead atoms. The van der Waals surface area contributed by atoms with E-state index < -0.39 is 0 Å². The summed E-state index contributed by atoms with van der Waals surface area (Å²) in [6, 6.07) is 6.88. The van der Waals surface area contributed by atoms with E-state index in [0.717, 1.165) is 12.1 Å². The molecule has 2 amide bonds. The van der Waals surface area contributed by atoms with Crippen LogP contribution in [0.25, 0.3) is 0 Å². The van der Waals surface area contributed by atoms with E-state index in [2.05, 4.69) is 31.4 Å². The fourth-order valence-electron chi connectivity index (χ4n) is 1.29. The van der Waals surface area contributed by atoms with Crippen molar-refractivity contribution < 1.29 is 4.79 Å². The first-order chi connectivity index (χ1) is 7.87. The third-order valence-electron chi connectivity index (χ3n) is 2.33. The number of nitrogen functional groups attached to an aromatic ring is 1. The average Bonchev–Trinajstić information content (AvgIpc) is 2.19. The van der Waals surface area contributed by atoms with Gasteiger partial charge in [0, 0.05) is 17.9 Å². The molecule has 0 aromatic heterocycles. The molecule has 17 heavy (non-hydrogen) atoms. The highest BCUT2D eigenvalue weighted by Gasteiger charge is 2.10. The van der Waals surface area contributed by atoms with Crippen molar-refractivity contribution in [1.82, 2.24) is 5.32 Å². The Bertz CT molecular complexity index is 365. The zero-order valence-corrected chi connectivity index (χ0v) is 10.7. The molecule has 0 radical (unpaired) electrons. The van der Waals surface area contributed by atoms with E-state index in [1.54, 1.807) is 24.3 Å². The van der Waals surface area contributed by atoms with Gasteiger partial charge in [0.05, 0.1) is 0 Å². The van der Waals surface area contributed by atoms with Crippen LogP contribution >= 0.6 is 0 Å². The van der Waals surface area contributed by atoms with Gasteiger partial charge >= 0.3 is 6.03 Å². The zero-order valence-electron chi connectivity index (χ0n) is 10.7. The van der Waals surface area contributed by atoms with Gasteiger partial charge in [-0.3, -0.25) is 0 Å². The minimum Gasteiger partial charge on any atom is -0.399 e. The van der Waals surface area contributed by atoms with Gasteiger partial charge in [-0.25, -0.2) is 4.79 Å². The number of amides is 2. The maximum Gasteiger partial charge on any atom is 0.319 e. The first-order valence-electron chi connectivity index (χ1n) is 5.77. The number of rotatable bonds is 3. The highest BCUT2D eigenvalue weighted by Crippen LogP contribution is 2.17. The summed E-state index contributed by atoms with van der Waals surface area (Å²) in [6.07, 6.45) is 0.947. The molecule has 0 aliphatic carbocycles. The fourth-order valence-corrected chi connectivity index (χ4v) is 1.29. The Balaban J connectivity index is 2.32. The predicted octanol–water partition coefficient (Wildman–Crippen LogP) is 2.83. The van der Waals surface area contributed by atoms with Gasteiger partial charge in [-0.1, -0.05) is 20.8 Å². The Hall–Kier alpha value is -1.71. The van der Waals surface area contributed by atoms with Crippen molar-refractivity contribution in [3.63, 3.8) is 0 Å². The van der Waals surface area contributed by atoms with Crippen LogP contribution in [-0.4, -0.2) is 12.6 Å². The van der Waals surface area contributed by atoms with Gasteiger partial charge in [0.25, 0.3) is 0 Å². The molecule has 0 atom stereocenters. The number of nitrogens with two attached hydrogens (primary N) is 1. The molecule has 4 nitrogen and oxygen atoms in total. The molecule has 0 heterocycles. The SMILES string of the molecule is CC(C)(C)CCNC(=O)Nc1ccc(N)cc1. The summed E-state index contributed by atoms with van der Waals surface area (Å²) < 4.78 is 0. The standard InChI is InChI=1S/C13H21N3O/c1-13(2,3)8-9-15-12(17)16-11-6-4-10(14)5-7-11/h4-7H,8-9,14H2,1-3H3,(H2,15,16,17). The second-order valence-corrected chi connectivity index (χ2v) is 5.31. The van der Waals surface area contributed by atoms with Crippen LogP contribution in [0.2, 0.25) is 0 Å². The van der Waals surface area contributed by atoms with E-state index in [4.69, 9.17) is 5.73 Å². The van der Waals surface area contributed by atoms with E-state index in [0.29, 0.717) is 12.2 Å². The Morgan fingerprint density at radius 1 is 1.24 bits per heavy atom. The molecule has 94 valence electrons. The Morgan fingerprint density at radius 2 is 1.82 bits per heavy atom. The molecule has 0 saturated heterocycles. The molecule has 0 unspecified atom stereocenters. The van der Waals surface area contributed by atoms with Crippen LogP contribution in [0.15, 0.2) is 24.3 Å². The molecule has 1 rings (SSSR count). The monoisotopic (exact) mass is 235 g/mol. The number of hydrogen-bond donors (Lipinski definition) is 3. The van der Waals surface area contributed by atoms with E-state index >= 15 is 0 Å². The first kappa shape index (κ1) is 13.4. The lowest BCUT2D eigenvalue weighted by atomic mass is 9.92. The van der Waals surface area contributed by atoms with Crippen molar-refractivity contribution in [1.29, 1.82) is 0 Å². The maximum atomic E-state index is 11.5. The van der Waals surface area contributed by atoms with Crippen LogP contribution in [0.5, 0.6) is 0 Å². The van der Waals surface area contributed by atoms with Gasteiger partial charge in [-0.2, -0.15) is 0 Å². The van der Waals surface area contributed by atoms with Crippen molar-refractivity contribution in [2.24, 2.45) is 5.41 Å². The lowest BCUT2D eigenvalue weighted by Crippen LogP contribution is -2.31. The largest absolute Gasteiger partial charge is 0.399 e. The molecule has 0 fully saturated rings. The lowest BCUT2D eigenvalue weighted by molar-refractivity contribution is 0.250. The molecule has 1 aromatic rings. The Labute approximate surface area is 103 Å². The zero-order chi connectivity index (χ0) is 12.9. The molecular weight excluding hydrogens is 214 g/mol. The molecule has 4 N–H and O–H groups in total. The Morgan fingerprint density at radius 3 is 2.35 bits per heavy atom. The number of nitrogens with one attached hydrogen (secondary N) is 2. The number of anilines is 2. The molecule has 0 spiro atoms. The van der Waals surface area contributed by atoms with Crippen LogP contribution < -0.4 is 16.4 Å². The second kappa shape index (κ2) is 5.57. The summed E-state index contributed by atoms with van der Waals surface area (Å²) in [5.41, 5.74) is 7.21. The predicted molar refractivity (Wildman–Crippen MR) is 71.9 cm³/mol. The number of carbonyl (C=O) groups excluding carboxylic acids is 1. The van der Waals surface area contributed by atoms with Crippen molar-refractivity contribution in [2.45, 2.75) is 27.2 Å². The number of urea groups is 1. The topological polar surface area (TPSA) is 67.2 Å². The lowest BCUT2D eigenvalue weighted by Gasteiger charge is -2.18. The third kappa shape index (κ3) is 5.80. The van der Waals surface area contributed by atoms with Gasteiger partial charge < -0.3 is 16.4 Å². The van der Waals surface area contributed by atoms with Gasteiger partial charge in [0.1, 0.15) is 0 Å². The van der Waals surface area contributed by atoms with E-state index in [1.165, 1.54) is 0 Å². The normalized spacial score (nSPS) is 11.0. The van der Waals surface area contributed by atoms with Gasteiger partial charge in [0.2, 0.25) is 0 Å². The van der Waals surface area contributed by atoms with Crippen LogP contribution in [-0.2, 0) is 0 Å². The van der Waals surface area contributed by atoms with Gasteiger partial charge in [-0.15, -0.1) is 0 Å². The highest BCUT2D eigenvalue weighted by molar-refractivity contribution is 5.89. The smallest absolute Gasteiger partial charge is 0.319 e. The maximum absolute atomic E-state index is 11.5. The average molecular weight is 235 g/mol. The van der Waals surface area contributed by atoms with Crippen molar-refractivity contribution in [3.8, 4) is 0 Å². The van der Waals surface area contributed by atoms with Crippen LogP contribution in [0.4, 0.5) is 16.2 Å². The molecule has 0 aliphatic heterocycles. The van der Waals surface area contributed by atoms with E-state index in [-0.39, 0.29) is 11.4 Å². The summed E-state index contributed by atoms with van der Waals surface area (Å²) in [7, 11) is 0. The quantitative estimate of drug-likeness (QED) is 0.705. The van der Waals surface area contributed by atoms with Crippen LogP contribution in [0.3, 0.4) is 0 Å². The molecule has 1 aromatic carbocycles.